The van der Waals surface area contributed by atoms with E-state index in [1.807, 2.05) is 12.1 Å². The Balaban J connectivity index is 1.27. The molecule has 3 aromatic heterocycles. The van der Waals surface area contributed by atoms with Gasteiger partial charge in [-0.3, -0.25) is 0 Å². The summed E-state index contributed by atoms with van der Waals surface area (Å²) in [6, 6.07) is 6.86. The fourth-order valence-electron chi connectivity index (χ4n) is 4.23. The lowest BCUT2D eigenvalue weighted by atomic mass is 10.2. The summed E-state index contributed by atoms with van der Waals surface area (Å²) < 4.78 is 5.76. The normalized spacial score (nSPS) is 22.6. The Hall–Kier alpha value is -2.71. The summed E-state index contributed by atoms with van der Waals surface area (Å²) in [6.45, 7) is 2.70. The van der Waals surface area contributed by atoms with Gasteiger partial charge in [0.05, 0.1) is 23.3 Å². The van der Waals surface area contributed by atoms with Crippen molar-refractivity contribution in [3.8, 4) is 5.75 Å². The summed E-state index contributed by atoms with van der Waals surface area (Å²) in [5.41, 5.74) is 1.51. The molecular weight excluding hydrogens is 402 g/mol. The van der Waals surface area contributed by atoms with Crippen LogP contribution in [0.25, 0.3) is 11.0 Å². The number of piperazine rings is 1. The first-order valence-electron chi connectivity index (χ1n) is 10.4. The average Bonchev–Trinajstić information content (AvgIpc) is 3.34. The van der Waals surface area contributed by atoms with E-state index < -0.39 is 0 Å². The minimum absolute atomic E-state index is 0.504. The van der Waals surface area contributed by atoms with Gasteiger partial charge in [0, 0.05) is 31.2 Å². The Kier molecular flexibility index (Phi) is 4.35. The van der Waals surface area contributed by atoms with Gasteiger partial charge in [-0.1, -0.05) is 11.6 Å². The molecule has 6 rings (SSSR count). The third kappa shape index (κ3) is 3.40. The monoisotopic (exact) mass is 423 g/mol. The molecule has 30 heavy (non-hydrogen) atoms. The second-order valence-electron chi connectivity index (χ2n) is 8.29. The third-order valence-corrected chi connectivity index (χ3v) is 6.35. The summed E-state index contributed by atoms with van der Waals surface area (Å²) in [6.07, 6.45) is 6.82. The van der Waals surface area contributed by atoms with Crippen LogP contribution in [0, 0.1) is 5.92 Å². The summed E-state index contributed by atoms with van der Waals surface area (Å²) in [5.74, 6) is 3.44. The number of anilines is 3. The van der Waals surface area contributed by atoms with Crippen molar-refractivity contribution in [2.75, 3.05) is 29.9 Å². The summed E-state index contributed by atoms with van der Waals surface area (Å²) in [7, 11) is 0. The molecule has 2 bridgehead atoms. The van der Waals surface area contributed by atoms with Gasteiger partial charge in [0.1, 0.15) is 23.5 Å². The highest BCUT2D eigenvalue weighted by molar-refractivity contribution is 6.32. The topological polar surface area (TPSA) is 88.1 Å². The first-order valence-corrected chi connectivity index (χ1v) is 10.8. The standard InChI is InChI=1S/C21H22ClN7O/c22-15-6-18(24-8-17(15)30-10-12-1-2-12)27-21-20-16(25-11-26-21)3-4-19(28-20)29-9-13-5-14(29)7-23-13/h3-4,6,8,11-14,23H,1-2,5,7,9-10H2,(H,24,25,26,27)/t13-,14-/m0/s1. The van der Waals surface area contributed by atoms with Crippen molar-refractivity contribution in [1.82, 2.24) is 25.3 Å². The van der Waals surface area contributed by atoms with E-state index in [4.69, 9.17) is 21.3 Å². The van der Waals surface area contributed by atoms with Crippen molar-refractivity contribution in [1.29, 1.82) is 0 Å². The number of hydrogen-bond acceptors (Lipinski definition) is 8. The first kappa shape index (κ1) is 18.1. The zero-order valence-electron chi connectivity index (χ0n) is 16.4. The van der Waals surface area contributed by atoms with Crippen LogP contribution in [0.1, 0.15) is 19.3 Å². The molecule has 154 valence electrons. The maximum absolute atomic E-state index is 6.40. The predicted octanol–water partition coefficient (Wildman–Crippen LogP) is 3.16. The second-order valence-corrected chi connectivity index (χ2v) is 8.69. The summed E-state index contributed by atoms with van der Waals surface area (Å²) in [5, 5.41) is 7.30. The Morgan fingerprint density at radius 2 is 2.17 bits per heavy atom. The lowest BCUT2D eigenvalue weighted by Gasteiger charge is -2.28. The van der Waals surface area contributed by atoms with Crippen LogP contribution in [0.5, 0.6) is 5.75 Å². The van der Waals surface area contributed by atoms with Crippen molar-refractivity contribution < 1.29 is 4.74 Å². The number of pyridine rings is 2. The maximum Gasteiger partial charge on any atom is 0.161 e. The lowest BCUT2D eigenvalue weighted by molar-refractivity contribution is 0.299. The minimum atomic E-state index is 0.504. The molecule has 0 unspecified atom stereocenters. The fraction of sp³-hybridized carbons (Fsp3) is 0.429. The molecule has 1 aliphatic carbocycles. The lowest BCUT2D eigenvalue weighted by Crippen LogP contribution is -2.44. The molecule has 2 N–H and O–H groups in total. The number of nitrogens with zero attached hydrogens (tertiary/aromatic N) is 5. The molecule has 0 aromatic carbocycles. The smallest absolute Gasteiger partial charge is 0.161 e. The van der Waals surface area contributed by atoms with Gasteiger partial charge in [0.25, 0.3) is 0 Å². The van der Waals surface area contributed by atoms with Crippen LogP contribution >= 0.6 is 11.6 Å². The van der Waals surface area contributed by atoms with Crippen LogP contribution in [0.4, 0.5) is 17.5 Å². The van der Waals surface area contributed by atoms with Gasteiger partial charge < -0.3 is 20.3 Å². The molecule has 0 amide bonds. The third-order valence-electron chi connectivity index (χ3n) is 6.06. The number of fused-ring (bicyclic) bond motifs is 3. The Bertz CT molecular complexity index is 1110. The molecule has 2 aliphatic heterocycles. The number of rotatable bonds is 6. The van der Waals surface area contributed by atoms with Crippen LogP contribution in [-0.4, -0.2) is 51.7 Å². The van der Waals surface area contributed by atoms with E-state index in [-0.39, 0.29) is 0 Å². The molecule has 2 saturated heterocycles. The molecule has 2 atom stereocenters. The van der Waals surface area contributed by atoms with Crippen molar-refractivity contribution in [3.05, 3.63) is 35.7 Å². The van der Waals surface area contributed by atoms with E-state index in [0.29, 0.717) is 47.0 Å². The predicted molar refractivity (Wildman–Crippen MR) is 116 cm³/mol. The highest BCUT2D eigenvalue weighted by Gasteiger charge is 2.38. The molecule has 5 heterocycles. The van der Waals surface area contributed by atoms with Gasteiger partial charge in [-0.25, -0.2) is 19.9 Å². The quantitative estimate of drug-likeness (QED) is 0.625. The maximum atomic E-state index is 6.40. The number of halogens is 1. The highest BCUT2D eigenvalue weighted by atomic mass is 35.5. The zero-order chi connectivity index (χ0) is 20.1. The van der Waals surface area contributed by atoms with E-state index in [1.54, 1.807) is 12.3 Å². The zero-order valence-corrected chi connectivity index (χ0v) is 17.1. The van der Waals surface area contributed by atoms with Gasteiger partial charge in [0.15, 0.2) is 11.6 Å². The summed E-state index contributed by atoms with van der Waals surface area (Å²) in [4.78, 5) is 20.5. The van der Waals surface area contributed by atoms with E-state index in [2.05, 4.69) is 30.5 Å². The van der Waals surface area contributed by atoms with E-state index in [9.17, 15) is 0 Å². The number of nitrogens with one attached hydrogen (secondary N) is 2. The number of ether oxygens (including phenoxy) is 1. The van der Waals surface area contributed by atoms with Crippen LogP contribution in [0.3, 0.4) is 0 Å². The number of aromatic nitrogens is 4. The van der Waals surface area contributed by atoms with Crippen molar-refractivity contribution in [2.45, 2.75) is 31.3 Å². The summed E-state index contributed by atoms with van der Waals surface area (Å²) >= 11 is 6.40. The molecule has 0 spiro atoms. The van der Waals surface area contributed by atoms with E-state index in [0.717, 1.165) is 29.9 Å². The van der Waals surface area contributed by atoms with Gasteiger partial charge >= 0.3 is 0 Å². The SMILES string of the molecule is Clc1cc(Nc2ncnc3ccc(N4C[C@@H]5C[C@H]4CN5)nc23)ncc1OCC1CC1. The minimum Gasteiger partial charge on any atom is -0.490 e. The van der Waals surface area contributed by atoms with Gasteiger partial charge in [-0.05, 0) is 37.3 Å². The van der Waals surface area contributed by atoms with Crippen LogP contribution in [0.2, 0.25) is 5.02 Å². The van der Waals surface area contributed by atoms with Crippen molar-refractivity contribution in [2.24, 2.45) is 5.92 Å². The van der Waals surface area contributed by atoms with Crippen LogP contribution < -0.4 is 20.3 Å². The molecule has 3 aliphatic rings. The Morgan fingerprint density at radius 3 is 2.93 bits per heavy atom. The van der Waals surface area contributed by atoms with Crippen molar-refractivity contribution in [3.63, 3.8) is 0 Å². The van der Waals surface area contributed by atoms with Gasteiger partial charge in [-0.15, -0.1) is 0 Å². The van der Waals surface area contributed by atoms with E-state index >= 15 is 0 Å². The molecular formula is C21H22ClN7O. The molecule has 3 aromatic rings. The number of hydrogen-bond donors (Lipinski definition) is 2. The molecule has 1 saturated carbocycles. The largest absolute Gasteiger partial charge is 0.490 e. The molecule has 3 fully saturated rings. The van der Waals surface area contributed by atoms with Gasteiger partial charge in [0.2, 0.25) is 0 Å². The molecule has 8 nitrogen and oxygen atoms in total. The average molecular weight is 424 g/mol. The molecule has 0 radical (unpaired) electrons. The van der Waals surface area contributed by atoms with E-state index in [1.165, 1.54) is 25.6 Å². The van der Waals surface area contributed by atoms with Crippen LogP contribution in [-0.2, 0) is 0 Å². The second kappa shape index (κ2) is 7.21. The van der Waals surface area contributed by atoms with Gasteiger partial charge in [-0.2, -0.15) is 0 Å². The first-order chi connectivity index (χ1) is 14.7. The Labute approximate surface area is 179 Å². The Morgan fingerprint density at radius 1 is 1.23 bits per heavy atom. The van der Waals surface area contributed by atoms with Crippen LogP contribution in [0.15, 0.2) is 30.7 Å². The van der Waals surface area contributed by atoms with Crippen molar-refractivity contribution >= 4 is 40.1 Å². The molecule has 9 heteroatoms. The fourth-order valence-corrected chi connectivity index (χ4v) is 4.44. The highest BCUT2D eigenvalue weighted by Crippen LogP contribution is 2.33.